The van der Waals surface area contributed by atoms with Crippen LogP contribution in [0, 0.1) is 0 Å². The fourth-order valence-corrected chi connectivity index (χ4v) is 3.36. The second-order valence-electron chi connectivity index (χ2n) is 5.89. The van der Waals surface area contributed by atoms with Crippen molar-refractivity contribution in [1.29, 1.82) is 0 Å². The molecule has 5 nitrogen and oxygen atoms in total. The van der Waals surface area contributed by atoms with Gasteiger partial charge >= 0.3 is 0 Å². The van der Waals surface area contributed by atoms with Gasteiger partial charge in [0.2, 0.25) is 11.8 Å². The van der Waals surface area contributed by atoms with Crippen LogP contribution >= 0.6 is 15.9 Å². The Balaban J connectivity index is 1.94. The fourth-order valence-electron chi connectivity index (χ4n) is 2.92. The molecule has 3 N–H and O–H groups in total. The molecule has 1 aromatic rings. The number of hydrogen-bond donors (Lipinski definition) is 2. The third-order valence-electron chi connectivity index (χ3n) is 4.10. The standard InChI is InChI=1S/C17H24BrN3O2/c18-14-5-3-4-13(10-14)11-17(23)21-9-2-1-6-15(21)12-20-16(22)7-8-19/h3-5,10,15H,1-2,6-9,11-12,19H2,(H,20,22). The van der Waals surface area contributed by atoms with Gasteiger partial charge in [0, 0.05) is 36.6 Å². The number of amides is 2. The number of nitrogens with one attached hydrogen (secondary N) is 1. The van der Waals surface area contributed by atoms with Gasteiger partial charge in [-0.15, -0.1) is 0 Å². The van der Waals surface area contributed by atoms with Crippen LogP contribution in [0.15, 0.2) is 28.7 Å². The molecule has 1 aliphatic rings. The van der Waals surface area contributed by atoms with Gasteiger partial charge in [-0.05, 0) is 37.0 Å². The van der Waals surface area contributed by atoms with E-state index in [0.29, 0.717) is 25.9 Å². The molecule has 1 unspecified atom stereocenters. The molecule has 0 radical (unpaired) electrons. The van der Waals surface area contributed by atoms with Gasteiger partial charge < -0.3 is 16.0 Å². The molecule has 0 spiro atoms. The Morgan fingerprint density at radius 1 is 1.35 bits per heavy atom. The number of likely N-dealkylation sites (tertiary alicyclic amines) is 1. The molecule has 0 saturated carbocycles. The topological polar surface area (TPSA) is 75.4 Å². The minimum atomic E-state index is -0.0440. The highest BCUT2D eigenvalue weighted by atomic mass is 79.9. The molecule has 1 heterocycles. The van der Waals surface area contributed by atoms with Crippen molar-refractivity contribution in [2.24, 2.45) is 5.73 Å². The van der Waals surface area contributed by atoms with E-state index >= 15 is 0 Å². The summed E-state index contributed by atoms with van der Waals surface area (Å²) < 4.78 is 0.979. The largest absolute Gasteiger partial charge is 0.354 e. The fraction of sp³-hybridized carbons (Fsp3) is 0.529. The molecule has 0 bridgehead atoms. The van der Waals surface area contributed by atoms with Crippen molar-refractivity contribution in [3.8, 4) is 0 Å². The molecule has 1 atom stereocenters. The second kappa shape index (κ2) is 9.03. The monoisotopic (exact) mass is 381 g/mol. The van der Waals surface area contributed by atoms with Crippen molar-refractivity contribution in [2.75, 3.05) is 19.6 Å². The van der Waals surface area contributed by atoms with Crippen LogP contribution in [-0.2, 0) is 16.0 Å². The number of hydrogen-bond acceptors (Lipinski definition) is 3. The molecule has 23 heavy (non-hydrogen) atoms. The van der Waals surface area contributed by atoms with Crippen LogP contribution in [0.4, 0.5) is 0 Å². The third kappa shape index (κ3) is 5.62. The molecule has 0 aromatic heterocycles. The van der Waals surface area contributed by atoms with E-state index in [2.05, 4.69) is 21.2 Å². The van der Waals surface area contributed by atoms with Crippen molar-refractivity contribution in [3.63, 3.8) is 0 Å². The van der Waals surface area contributed by atoms with Gasteiger partial charge in [-0.2, -0.15) is 0 Å². The summed E-state index contributed by atoms with van der Waals surface area (Å²) in [5, 5.41) is 2.89. The van der Waals surface area contributed by atoms with Gasteiger partial charge in [-0.25, -0.2) is 0 Å². The maximum absolute atomic E-state index is 12.6. The molecule has 1 saturated heterocycles. The molecule has 2 amide bonds. The number of piperidine rings is 1. The quantitative estimate of drug-likeness (QED) is 0.789. The number of rotatable bonds is 6. The van der Waals surface area contributed by atoms with Crippen molar-refractivity contribution < 1.29 is 9.59 Å². The Morgan fingerprint density at radius 3 is 2.91 bits per heavy atom. The van der Waals surface area contributed by atoms with Crippen LogP contribution in [-0.4, -0.2) is 42.4 Å². The number of carbonyl (C=O) groups excluding carboxylic acids is 2. The van der Waals surface area contributed by atoms with E-state index < -0.39 is 0 Å². The molecule has 1 aliphatic heterocycles. The first-order valence-electron chi connectivity index (χ1n) is 8.11. The van der Waals surface area contributed by atoms with E-state index in [1.807, 2.05) is 29.2 Å². The van der Waals surface area contributed by atoms with Crippen LogP contribution in [0.25, 0.3) is 0 Å². The molecular formula is C17H24BrN3O2. The Morgan fingerprint density at radius 2 is 2.17 bits per heavy atom. The highest BCUT2D eigenvalue weighted by Gasteiger charge is 2.26. The Hall–Kier alpha value is -1.40. The van der Waals surface area contributed by atoms with Crippen molar-refractivity contribution >= 4 is 27.7 Å². The van der Waals surface area contributed by atoms with Crippen LogP contribution in [0.5, 0.6) is 0 Å². The third-order valence-corrected chi connectivity index (χ3v) is 4.59. The highest BCUT2D eigenvalue weighted by Crippen LogP contribution is 2.19. The number of halogens is 1. The minimum absolute atomic E-state index is 0.0440. The lowest BCUT2D eigenvalue weighted by molar-refractivity contribution is -0.134. The molecular weight excluding hydrogens is 358 g/mol. The van der Waals surface area contributed by atoms with E-state index in [4.69, 9.17) is 5.73 Å². The van der Waals surface area contributed by atoms with E-state index in [9.17, 15) is 9.59 Å². The zero-order valence-corrected chi connectivity index (χ0v) is 14.8. The van der Waals surface area contributed by atoms with Crippen LogP contribution in [0.1, 0.15) is 31.2 Å². The number of nitrogens with two attached hydrogens (primary N) is 1. The summed E-state index contributed by atoms with van der Waals surface area (Å²) in [7, 11) is 0. The van der Waals surface area contributed by atoms with E-state index in [1.165, 1.54) is 0 Å². The molecule has 0 aliphatic carbocycles. The van der Waals surface area contributed by atoms with Gasteiger partial charge in [0.1, 0.15) is 0 Å². The summed E-state index contributed by atoms with van der Waals surface area (Å²) in [6.07, 6.45) is 3.79. The lowest BCUT2D eigenvalue weighted by atomic mass is 10.0. The van der Waals surface area contributed by atoms with Crippen LogP contribution in [0.3, 0.4) is 0 Å². The van der Waals surface area contributed by atoms with Crippen molar-refractivity contribution in [2.45, 2.75) is 38.1 Å². The Bertz CT molecular complexity index is 550. The second-order valence-corrected chi connectivity index (χ2v) is 6.80. The Kier molecular flexibility index (Phi) is 7.05. The lowest BCUT2D eigenvalue weighted by Gasteiger charge is -2.36. The molecule has 6 heteroatoms. The average molecular weight is 382 g/mol. The molecule has 1 aromatic carbocycles. The van der Waals surface area contributed by atoms with Crippen molar-refractivity contribution in [3.05, 3.63) is 34.3 Å². The summed E-state index contributed by atoms with van der Waals surface area (Å²) in [4.78, 5) is 26.2. The van der Waals surface area contributed by atoms with E-state index in [1.54, 1.807) is 0 Å². The number of carbonyl (C=O) groups is 2. The summed E-state index contributed by atoms with van der Waals surface area (Å²) in [6.45, 7) is 1.63. The van der Waals surface area contributed by atoms with Gasteiger partial charge in [0.05, 0.1) is 6.42 Å². The summed E-state index contributed by atoms with van der Waals surface area (Å²) >= 11 is 3.43. The predicted molar refractivity (Wildman–Crippen MR) is 93.9 cm³/mol. The summed E-state index contributed by atoms with van der Waals surface area (Å²) in [5.41, 5.74) is 6.38. The van der Waals surface area contributed by atoms with Gasteiger partial charge in [-0.3, -0.25) is 9.59 Å². The smallest absolute Gasteiger partial charge is 0.227 e. The van der Waals surface area contributed by atoms with Gasteiger partial charge in [-0.1, -0.05) is 28.1 Å². The zero-order chi connectivity index (χ0) is 16.7. The zero-order valence-electron chi connectivity index (χ0n) is 13.3. The molecule has 126 valence electrons. The lowest BCUT2D eigenvalue weighted by Crippen LogP contribution is -2.50. The maximum atomic E-state index is 12.6. The first kappa shape index (κ1) is 17.9. The van der Waals surface area contributed by atoms with Crippen LogP contribution < -0.4 is 11.1 Å². The number of benzene rings is 1. The van der Waals surface area contributed by atoms with Crippen molar-refractivity contribution in [1.82, 2.24) is 10.2 Å². The SMILES string of the molecule is NCCC(=O)NCC1CCCCN1C(=O)Cc1cccc(Br)c1. The van der Waals surface area contributed by atoms with Gasteiger partial charge in [0.15, 0.2) is 0 Å². The predicted octanol–water partition coefficient (Wildman–Crippen LogP) is 1.84. The average Bonchev–Trinajstić information content (AvgIpc) is 2.53. The molecule has 1 fully saturated rings. The van der Waals surface area contributed by atoms with E-state index in [-0.39, 0.29) is 17.9 Å². The summed E-state index contributed by atoms with van der Waals surface area (Å²) in [6, 6.07) is 7.91. The van der Waals surface area contributed by atoms with Crippen LogP contribution in [0.2, 0.25) is 0 Å². The Labute approximate surface area is 145 Å². The minimum Gasteiger partial charge on any atom is -0.354 e. The van der Waals surface area contributed by atoms with E-state index in [0.717, 1.165) is 35.8 Å². The first-order chi connectivity index (χ1) is 11.1. The maximum Gasteiger partial charge on any atom is 0.227 e. The summed E-state index contributed by atoms with van der Waals surface area (Å²) in [5.74, 6) is 0.0818. The van der Waals surface area contributed by atoms with Gasteiger partial charge in [0.25, 0.3) is 0 Å². The highest BCUT2D eigenvalue weighted by molar-refractivity contribution is 9.10. The first-order valence-corrected chi connectivity index (χ1v) is 8.90. The molecule has 2 rings (SSSR count). The normalized spacial score (nSPS) is 17.8. The number of nitrogens with zero attached hydrogens (tertiary/aromatic N) is 1.